The molecule has 4 atom stereocenters. The molecule has 0 aromatic heterocycles. The van der Waals surface area contributed by atoms with Gasteiger partial charge in [0.2, 0.25) is 0 Å². The van der Waals surface area contributed by atoms with E-state index in [0.29, 0.717) is 11.8 Å². The Morgan fingerprint density at radius 1 is 1.70 bits per heavy atom. The van der Waals surface area contributed by atoms with Gasteiger partial charge in [-0.2, -0.15) is 5.26 Å². The first-order valence-electron chi connectivity index (χ1n) is 3.59. The standard InChI is InChI=1S/C8H9NO/c9-4-7(10)8-5-2-1-3-6(5)8/h1-2,5-8,10H,3H2. The maximum absolute atomic E-state index is 9.11. The molecule has 0 saturated heterocycles. The monoisotopic (exact) mass is 135 g/mol. The molecule has 2 rings (SSSR count). The maximum atomic E-state index is 9.11. The molecule has 0 spiro atoms. The van der Waals surface area contributed by atoms with E-state index >= 15 is 0 Å². The highest BCUT2D eigenvalue weighted by atomic mass is 16.3. The van der Waals surface area contributed by atoms with Crippen LogP contribution in [0.5, 0.6) is 0 Å². The number of allylic oxidation sites excluding steroid dienone is 2. The number of fused-ring (bicyclic) bond motifs is 1. The van der Waals surface area contributed by atoms with Crippen LogP contribution in [0.1, 0.15) is 6.42 Å². The van der Waals surface area contributed by atoms with Crippen LogP contribution < -0.4 is 0 Å². The van der Waals surface area contributed by atoms with E-state index in [2.05, 4.69) is 12.2 Å². The third kappa shape index (κ3) is 0.614. The van der Waals surface area contributed by atoms with Crippen molar-refractivity contribution in [3.8, 4) is 6.07 Å². The molecule has 0 aromatic carbocycles. The molecule has 0 aliphatic heterocycles. The lowest BCUT2D eigenvalue weighted by atomic mass is 10.1. The van der Waals surface area contributed by atoms with Gasteiger partial charge in [0, 0.05) is 5.92 Å². The van der Waals surface area contributed by atoms with Crippen LogP contribution in [0.2, 0.25) is 0 Å². The van der Waals surface area contributed by atoms with Gasteiger partial charge in [0.15, 0.2) is 0 Å². The van der Waals surface area contributed by atoms with Crippen molar-refractivity contribution in [3.05, 3.63) is 12.2 Å². The summed E-state index contributed by atoms with van der Waals surface area (Å²) in [6.45, 7) is 0. The predicted molar refractivity (Wildman–Crippen MR) is 35.8 cm³/mol. The highest BCUT2D eigenvalue weighted by Crippen LogP contribution is 2.55. The molecule has 52 valence electrons. The molecule has 1 fully saturated rings. The number of hydrogen-bond donors (Lipinski definition) is 1. The molecule has 0 aromatic rings. The number of aliphatic hydroxyl groups excluding tert-OH is 1. The van der Waals surface area contributed by atoms with Crippen molar-refractivity contribution in [3.63, 3.8) is 0 Å². The fraction of sp³-hybridized carbons (Fsp3) is 0.625. The van der Waals surface area contributed by atoms with Crippen molar-refractivity contribution in [2.24, 2.45) is 17.8 Å². The minimum atomic E-state index is -0.722. The van der Waals surface area contributed by atoms with Gasteiger partial charge in [0.1, 0.15) is 6.10 Å². The summed E-state index contributed by atoms with van der Waals surface area (Å²) in [4.78, 5) is 0. The first-order valence-corrected chi connectivity index (χ1v) is 3.59. The van der Waals surface area contributed by atoms with Crippen molar-refractivity contribution in [2.45, 2.75) is 12.5 Å². The Morgan fingerprint density at radius 3 is 3.00 bits per heavy atom. The van der Waals surface area contributed by atoms with Crippen LogP contribution in [0, 0.1) is 29.1 Å². The average Bonchev–Trinajstić information content (AvgIpc) is 2.43. The smallest absolute Gasteiger partial charge is 0.144 e. The van der Waals surface area contributed by atoms with Crippen molar-refractivity contribution in [2.75, 3.05) is 0 Å². The highest BCUT2D eigenvalue weighted by molar-refractivity contribution is 5.20. The predicted octanol–water partition coefficient (Wildman–Crippen LogP) is 0.693. The molecule has 2 nitrogen and oxygen atoms in total. The largest absolute Gasteiger partial charge is 0.378 e. The van der Waals surface area contributed by atoms with Gasteiger partial charge in [-0.05, 0) is 18.3 Å². The van der Waals surface area contributed by atoms with Crippen LogP contribution in [0.25, 0.3) is 0 Å². The second-order valence-corrected chi connectivity index (χ2v) is 3.06. The van der Waals surface area contributed by atoms with E-state index < -0.39 is 6.10 Å². The molecule has 4 unspecified atom stereocenters. The summed E-state index contributed by atoms with van der Waals surface area (Å²) < 4.78 is 0. The van der Waals surface area contributed by atoms with Gasteiger partial charge in [-0.25, -0.2) is 0 Å². The van der Waals surface area contributed by atoms with E-state index in [9.17, 15) is 0 Å². The second kappa shape index (κ2) is 1.83. The molecule has 2 aliphatic rings. The Kier molecular flexibility index (Phi) is 1.09. The zero-order chi connectivity index (χ0) is 7.14. The Bertz CT molecular complexity index is 216. The van der Waals surface area contributed by atoms with Crippen molar-refractivity contribution >= 4 is 0 Å². The third-order valence-electron chi connectivity index (χ3n) is 2.56. The van der Waals surface area contributed by atoms with Crippen LogP contribution in [-0.2, 0) is 0 Å². The summed E-state index contributed by atoms with van der Waals surface area (Å²) in [6.07, 6.45) is 4.60. The molecule has 1 N–H and O–H groups in total. The molecule has 0 amide bonds. The van der Waals surface area contributed by atoms with E-state index in [1.165, 1.54) is 0 Å². The van der Waals surface area contributed by atoms with Gasteiger partial charge in [-0.1, -0.05) is 12.2 Å². The lowest BCUT2D eigenvalue weighted by Gasteiger charge is -1.98. The summed E-state index contributed by atoms with van der Waals surface area (Å²) in [5, 5.41) is 17.5. The Labute approximate surface area is 59.8 Å². The number of nitriles is 1. The topological polar surface area (TPSA) is 44.0 Å². The lowest BCUT2D eigenvalue weighted by Crippen LogP contribution is -2.08. The lowest BCUT2D eigenvalue weighted by molar-refractivity contribution is 0.196. The summed E-state index contributed by atoms with van der Waals surface area (Å²) >= 11 is 0. The normalized spacial score (nSPS) is 44.2. The minimum Gasteiger partial charge on any atom is -0.378 e. The zero-order valence-electron chi connectivity index (χ0n) is 5.57. The molecule has 10 heavy (non-hydrogen) atoms. The summed E-state index contributed by atoms with van der Waals surface area (Å²) in [5.41, 5.74) is 0. The summed E-state index contributed by atoms with van der Waals surface area (Å²) in [7, 11) is 0. The van der Waals surface area contributed by atoms with E-state index in [-0.39, 0.29) is 5.92 Å². The fourth-order valence-electron chi connectivity index (χ4n) is 1.94. The van der Waals surface area contributed by atoms with Crippen LogP contribution in [0.3, 0.4) is 0 Å². The summed E-state index contributed by atoms with van der Waals surface area (Å²) in [6, 6.07) is 1.88. The molecule has 2 aliphatic carbocycles. The highest BCUT2D eigenvalue weighted by Gasteiger charge is 2.53. The number of rotatable bonds is 1. The van der Waals surface area contributed by atoms with Crippen molar-refractivity contribution in [1.82, 2.24) is 0 Å². The molecule has 1 saturated carbocycles. The summed E-state index contributed by atoms with van der Waals surface area (Å²) in [5.74, 6) is 1.37. The van der Waals surface area contributed by atoms with Crippen molar-refractivity contribution < 1.29 is 5.11 Å². The van der Waals surface area contributed by atoms with E-state index in [0.717, 1.165) is 6.42 Å². The first kappa shape index (κ1) is 5.94. The van der Waals surface area contributed by atoms with Gasteiger partial charge in [-0.3, -0.25) is 0 Å². The van der Waals surface area contributed by atoms with Gasteiger partial charge in [0.05, 0.1) is 6.07 Å². The van der Waals surface area contributed by atoms with Gasteiger partial charge in [0.25, 0.3) is 0 Å². The average molecular weight is 135 g/mol. The fourth-order valence-corrected chi connectivity index (χ4v) is 1.94. The maximum Gasteiger partial charge on any atom is 0.144 e. The number of hydrogen-bond acceptors (Lipinski definition) is 2. The van der Waals surface area contributed by atoms with E-state index in [1.54, 1.807) is 0 Å². The Hall–Kier alpha value is -0.810. The zero-order valence-corrected chi connectivity index (χ0v) is 5.57. The molecular weight excluding hydrogens is 126 g/mol. The van der Waals surface area contributed by atoms with Crippen LogP contribution >= 0.6 is 0 Å². The molecule has 0 radical (unpaired) electrons. The van der Waals surface area contributed by atoms with Gasteiger partial charge < -0.3 is 5.11 Å². The molecule has 2 heteroatoms. The van der Waals surface area contributed by atoms with E-state index in [1.807, 2.05) is 6.07 Å². The Morgan fingerprint density at radius 2 is 2.50 bits per heavy atom. The SMILES string of the molecule is N#CC(O)C1C2C=CCC21. The number of aliphatic hydroxyl groups is 1. The minimum absolute atomic E-state index is 0.259. The molecule has 0 bridgehead atoms. The van der Waals surface area contributed by atoms with Crippen LogP contribution in [0.4, 0.5) is 0 Å². The number of nitrogens with zero attached hydrogens (tertiary/aromatic N) is 1. The van der Waals surface area contributed by atoms with Crippen molar-refractivity contribution in [1.29, 1.82) is 5.26 Å². The molecular formula is C8H9NO. The van der Waals surface area contributed by atoms with Gasteiger partial charge in [-0.15, -0.1) is 0 Å². The quantitative estimate of drug-likeness (QED) is 0.424. The second-order valence-electron chi connectivity index (χ2n) is 3.06. The van der Waals surface area contributed by atoms with Crippen LogP contribution in [-0.4, -0.2) is 11.2 Å². The van der Waals surface area contributed by atoms with E-state index in [4.69, 9.17) is 10.4 Å². The third-order valence-corrected chi connectivity index (χ3v) is 2.56. The van der Waals surface area contributed by atoms with Gasteiger partial charge >= 0.3 is 0 Å². The van der Waals surface area contributed by atoms with Crippen LogP contribution in [0.15, 0.2) is 12.2 Å². The molecule has 0 heterocycles. The first-order chi connectivity index (χ1) is 4.84. The Balaban J connectivity index is 2.02.